The molecule has 1 amide bonds. The lowest BCUT2D eigenvalue weighted by Crippen LogP contribution is -2.27. The summed E-state index contributed by atoms with van der Waals surface area (Å²) in [5, 5.41) is 14.4. The Balaban J connectivity index is 1.57. The van der Waals surface area contributed by atoms with Gasteiger partial charge in [0.1, 0.15) is 5.75 Å². The van der Waals surface area contributed by atoms with Crippen LogP contribution in [0.2, 0.25) is 0 Å². The van der Waals surface area contributed by atoms with E-state index in [2.05, 4.69) is 20.5 Å². The minimum absolute atomic E-state index is 0.0278. The summed E-state index contributed by atoms with van der Waals surface area (Å²) in [5.41, 5.74) is 1.77. The predicted octanol–water partition coefficient (Wildman–Crippen LogP) is 4.37. The molecular weight excluding hydrogens is 430 g/mol. The van der Waals surface area contributed by atoms with Gasteiger partial charge >= 0.3 is 0 Å². The number of methoxy groups -OCH3 is 1. The lowest BCUT2D eigenvalue weighted by atomic mass is 10.2. The van der Waals surface area contributed by atoms with Crippen molar-refractivity contribution in [1.29, 1.82) is 0 Å². The van der Waals surface area contributed by atoms with E-state index in [1.165, 1.54) is 11.8 Å². The first-order chi connectivity index (χ1) is 15.2. The van der Waals surface area contributed by atoms with Crippen LogP contribution in [0, 0.1) is 0 Å². The molecule has 0 spiro atoms. The van der Waals surface area contributed by atoms with Gasteiger partial charge < -0.3 is 10.1 Å². The first kappa shape index (κ1) is 21.1. The summed E-state index contributed by atoms with van der Waals surface area (Å²) in [6.45, 7) is 1.98. The van der Waals surface area contributed by atoms with E-state index in [0.717, 1.165) is 21.9 Å². The Morgan fingerprint density at radius 1 is 1.16 bits per heavy atom. The largest absolute Gasteiger partial charge is 0.497 e. The molecule has 3 aromatic heterocycles. The van der Waals surface area contributed by atoms with Gasteiger partial charge in [0.25, 0.3) is 0 Å². The van der Waals surface area contributed by atoms with Crippen LogP contribution in [-0.2, 0) is 4.79 Å². The fraction of sp³-hybridized carbons (Fsp3) is 0.182. The number of carbonyl (C=O) groups is 1. The van der Waals surface area contributed by atoms with Crippen molar-refractivity contribution in [3.8, 4) is 22.8 Å². The Hall–Kier alpha value is -3.17. The molecule has 4 aromatic rings. The maximum atomic E-state index is 12.5. The number of ether oxygens (including phenoxy) is 1. The number of amides is 1. The van der Waals surface area contributed by atoms with Crippen molar-refractivity contribution in [1.82, 2.24) is 25.1 Å². The summed E-state index contributed by atoms with van der Waals surface area (Å²) in [6.07, 6.45) is 3.43. The number of hydrogen-bond acceptors (Lipinski definition) is 7. The van der Waals surface area contributed by atoms with Gasteiger partial charge in [0.2, 0.25) is 5.91 Å². The van der Waals surface area contributed by atoms with Crippen LogP contribution in [0.5, 0.6) is 5.75 Å². The average molecular weight is 452 g/mol. The molecule has 9 heteroatoms. The fourth-order valence-corrected chi connectivity index (χ4v) is 4.53. The third-order valence-electron chi connectivity index (χ3n) is 4.58. The molecule has 31 heavy (non-hydrogen) atoms. The molecule has 0 bridgehead atoms. The summed E-state index contributed by atoms with van der Waals surface area (Å²) in [4.78, 5) is 17.7. The first-order valence-corrected chi connectivity index (χ1v) is 11.5. The van der Waals surface area contributed by atoms with Gasteiger partial charge in [-0.25, -0.2) is 0 Å². The van der Waals surface area contributed by atoms with E-state index in [-0.39, 0.29) is 17.7 Å². The highest BCUT2D eigenvalue weighted by Gasteiger charge is 2.18. The van der Waals surface area contributed by atoms with E-state index in [4.69, 9.17) is 4.74 Å². The smallest absolute Gasteiger partial charge is 0.230 e. The summed E-state index contributed by atoms with van der Waals surface area (Å²) >= 11 is 2.98. The third-order valence-corrected chi connectivity index (χ3v) is 6.57. The molecule has 1 N–H and O–H groups in total. The summed E-state index contributed by atoms with van der Waals surface area (Å²) < 4.78 is 7.21. The van der Waals surface area contributed by atoms with Crippen molar-refractivity contribution >= 4 is 29.0 Å². The van der Waals surface area contributed by atoms with Gasteiger partial charge in [-0.1, -0.05) is 17.8 Å². The number of hydrogen-bond donors (Lipinski definition) is 1. The van der Waals surface area contributed by atoms with Gasteiger partial charge in [0.15, 0.2) is 11.0 Å². The molecule has 1 unspecified atom stereocenters. The molecule has 0 saturated carbocycles. The quantitative estimate of drug-likeness (QED) is 0.401. The number of pyridine rings is 1. The lowest BCUT2D eigenvalue weighted by molar-refractivity contribution is -0.119. The van der Waals surface area contributed by atoms with Crippen LogP contribution in [0.4, 0.5) is 0 Å². The summed E-state index contributed by atoms with van der Waals surface area (Å²) in [7, 11) is 1.63. The van der Waals surface area contributed by atoms with E-state index in [1.54, 1.807) is 30.8 Å². The zero-order valence-electron chi connectivity index (χ0n) is 17.1. The van der Waals surface area contributed by atoms with Gasteiger partial charge in [-0.15, -0.1) is 21.5 Å². The maximum absolute atomic E-state index is 12.5. The minimum Gasteiger partial charge on any atom is -0.497 e. The zero-order valence-corrected chi connectivity index (χ0v) is 18.7. The van der Waals surface area contributed by atoms with Crippen LogP contribution in [0.1, 0.15) is 17.8 Å². The normalized spacial score (nSPS) is 11.8. The van der Waals surface area contributed by atoms with Crippen molar-refractivity contribution in [2.24, 2.45) is 0 Å². The Bertz CT molecular complexity index is 1130. The second kappa shape index (κ2) is 9.76. The first-order valence-electron chi connectivity index (χ1n) is 9.61. The lowest BCUT2D eigenvalue weighted by Gasteiger charge is -2.13. The summed E-state index contributed by atoms with van der Waals surface area (Å²) in [5.74, 6) is 1.63. The van der Waals surface area contributed by atoms with Crippen LogP contribution < -0.4 is 10.1 Å². The Labute approximate surface area is 188 Å². The van der Waals surface area contributed by atoms with Crippen molar-refractivity contribution in [3.63, 3.8) is 0 Å². The number of benzene rings is 1. The van der Waals surface area contributed by atoms with Gasteiger partial charge in [0, 0.05) is 28.5 Å². The van der Waals surface area contributed by atoms with Gasteiger partial charge in [-0.3, -0.25) is 14.3 Å². The number of nitrogens with one attached hydrogen (secondary N) is 1. The molecule has 7 nitrogen and oxygen atoms in total. The number of rotatable bonds is 8. The Morgan fingerprint density at radius 3 is 2.61 bits per heavy atom. The number of thiophene rings is 1. The van der Waals surface area contributed by atoms with Crippen LogP contribution >= 0.6 is 23.1 Å². The molecule has 3 heterocycles. The van der Waals surface area contributed by atoms with Gasteiger partial charge in [-0.05, 0) is 54.8 Å². The number of nitrogens with zero attached hydrogens (tertiary/aromatic N) is 4. The van der Waals surface area contributed by atoms with E-state index in [9.17, 15) is 4.79 Å². The molecule has 0 aliphatic rings. The van der Waals surface area contributed by atoms with Gasteiger partial charge in [-0.2, -0.15) is 0 Å². The van der Waals surface area contributed by atoms with Crippen LogP contribution in [-0.4, -0.2) is 38.5 Å². The van der Waals surface area contributed by atoms with Crippen molar-refractivity contribution in [3.05, 3.63) is 71.2 Å². The monoisotopic (exact) mass is 451 g/mol. The zero-order chi connectivity index (χ0) is 21.6. The van der Waals surface area contributed by atoms with E-state index < -0.39 is 0 Å². The van der Waals surface area contributed by atoms with Crippen molar-refractivity contribution in [2.45, 2.75) is 18.1 Å². The highest BCUT2D eigenvalue weighted by molar-refractivity contribution is 7.99. The second-order valence-electron chi connectivity index (χ2n) is 6.67. The van der Waals surface area contributed by atoms with Crippen molar-refractivity contribution in [2.75, 3.05) is 12.9 Å². The number of thioether (sulfide) groups is 1. The molecule has 1 atom stereocenters. The molecular formula is C22H21N5O2S2. The predicted molar refractivity (Wildman–Crippen MR) is 123 cm³/mol. The molecule has 1 aromatic carbocycles. The maximum Gasteiger partial charge on any atom is 0.230 e. The molecule has 4 rings (SSSR count). The Kier molecular flexibility index (Phi) is 6.63. The molecule has 0 saturated heterocycles. The minimum atomic E-state index is -0.0550. The highest BCUT2D eigenvalue weighted by atomic mass is 32.2. The molecule has 0 radical (unpaired) electrons. The second-order valence-corrected chi connectivity index (χ2v) is 8.59. The van der Waals surface area contributed by atoms with Crippen LogP contribution in [0.25, 0.3) is 17.1 Å². The molecule has 0 aliphatic heterocycles. The van der Waals surface area contributed by atoms with Crippen molar-refractivity contribution < 1.29 is 9.53 Å². The average Bonchev–Trinajstić information content (AvgIpc) is 3.49. The molecule has 0 fully saturated rings. The molecule has 158 valence electrons. The van der Waals surface area contributed by atoms with E-state index in [0.29, 0.717) is 11.0 Å². The Morgan fingerprint density at radius 2 is 1.94 bits per heavy atom. The summed E-state index contributed by atoms with van der Waals surface area (Å²) in [6, 6.07) is 15.4. The fourth-order valence-electron chi connectivity index (χ4n) is 3.04. The van der Waals surface area contributed by atoms with Crippen LogP contribution in [0.3, 0.4) is 0 Å². The van der Waals surface area contributed by atoms with E-state index >= 15 is 0 Å². The SMILES string of the molecule is COc1ccc(-n2c(SCC(=O)NC(C)c3cccs3)nnc2-c2ccncc2)cc1. The highest BCUT2D eigenvalue weighted by Crippen LogP contribution is 2.29. The number of carbonyl (C=O) groups excluding carboxylic acids is 1. The number of aromatic nitrogens is 4. The van der Waals surface area contributed by atoms with Gasteiger partial charge in [0.05, 0.1) is 18.9 Å². The standard InChI is InChI=1S/C22H21N5O2S2/c1-15(19-4-3-13-30-19)24-20(28)14-31-22-26-25-21(16-9-11-23-12-10-16)27(22)17-5-7-18(29-2)8-6-17/h3-13,15H,14H2,1-2H3,(H,24,28). The third kappa shape index (κ3) is 4.95. The molecule has 0 aliphatic carbocycles. The van der Waals surface area contributed by atoms with E-state index in [1.807, 2.05) is 65.4 Å². The topological polar surface area (TPSA) is 81.9 Å². The van der Waals surface area contributed by atoms with Crippen LogP contribution in [0.15, 0.2) is 71.5 Å².